The Hall–Kier alpha value is -1.90. The molecule has 6 nitrogen and oxygen atoms in total. The van der Waals surface area contributed by atoms with Gasteiger partial charge >= 0.3 is 0 Å². The third-order valence-corrected chi connectivity index (χ3v) is 1.34. The molecule has 0 radical (unpaired) electrons. The number of amides is 1. The molecule has 0 heterocycles. The van der Waals surface area contributed by atoms with Crippen LogP contribution in [-0.2, 0) is 4.79 Å². The molecule has 0 saturated heterocycles. The quantitative estimate of drug-likeness (QED) is 0.372. The van der Waals surface area contributed by atoms with Gasteiger partial charge in [-0.3, -0.25) is 14.9 Å². The Bertz CT molecular complexity index is 267. The van der Waals surface area contributed by atoms with Gasteiger partial charge in [-0.15, -0.1) is 0 Å². The number of nitriles is 1. The van der Waals surface area contributed by atoms with E-state index in [4.69, 9.17) is 5.26 Å². The van der Waals surface area contributed by atoms with E-state index in [2.05, 4.69) is 5.32 Å². The largest absolute Gasteiger partial charge is 0.359 e. The maximum Gasteiger partial charge on any atom is 0.241 e. The minimum absolute atomic E-state index is 0.248. The highest BCUT2D eigenvalue weighted by Gasteiger charge is 2.19. The average molecular weight is 183 g/mol. The van der Waals surface area contributed by atoms with Gasteiger partial charge in [-0.25, -0.2) is 0 Å². The molecule has 0 fully saturated rings. The second-order valence-corrected chi connectivity index (χ2v) is 2.22. The van der Waals surface area contributed by atoms with Gasteiger partial charge < -0.3 is 5.32 Å². The van der Waals surface area contributed by atoms with Crippen molar-refractivity contribution >= 4 is 5.91 Å². The van der Waals surface area contributed by atoms with E-state index < -0.39 is 16.9 Å². The van der Waals surface area contributed by atoms with E-state index in [-0.39, 0.29) is 6.42 Å². The highest BCUT2D eigenvalue weighted by molar-refractivity contribution is 5.76. The van der Waals surface area contributed by atoms with Crippen LogP contribution in [0.4, 0.5) is 0 Å². The Morgan fingerprint density at radius 1 is 1.85 bits per heavy atom. The van der Waals surface area contributed by atoms with Gasteiger partial charge in [0.2, 0.25) is 11.9 Å². The third-order valence-electron chi connectivity index (χ3n) is 1.34. The van der Waals surface area contributed by atoms with Crippen molar-refractivity contribution < 1.29 is 9.72 Å². The van der Waals surface area contributed by atoms with Crippen molar-refractivity contribution in [2.45, 2.75) is 12.5 Å². The van der Waals surface area contributed by atoms with Crippen LogP contribution in [0.15, 0.2) is 12.2 Å². The third kappa shape index (κ3) is 4.53. The fourth-order valence-corrected chi connectivity index (χ4v) is 0.659. The van der Waals surface area contributed by atoms with E-state index in [9.17, 15) is 14.9 Å². The van der Waals surface area contributed by atoms with Gasteiger partial charge in [0.05, 0.1) is 12.5 Å². The van der Waals surface area contributed by atoms with Crippen LogP contribution in [0.25, 0.3) is 0 Å². The van der Waals surface area contributed by atoms with Crippen LogP contribution in [0.3, 0.4) is 0 Å². The molecule has 6 heteroatoms. The number of allylic oxidation sites excluding steroid dienone is 1. The molecule has 70 valence electrons. The summed E-state index contributed by atoms with van der Waals surface area (Å²) in [5.74, 6) is -0.427. The molecule has 0 aromatic carbocycles. The fraction of sp³-hybridized carbons (Fsp3) is 0.429. The van der Waals surface area contributed by atoms with E-state index >= 15 is 0 Å². The van der Waals surface area contributed by atoms with Gasteiger partial charge in [0.25, 0.3) is 0 Å². The topological polar surface area (TPSA) is 96.0 Å². The second-order valence-electron chi connectivity index (χ2n) is 2.22. The summed E-state index contributed by atoms with van der Waals surface area (Å²) in [6.45, 7) is 0. The smallest absolute Gasteiger partial charge is 0.241 e. The summed E-state index contributed by atoms with van der Waals surface area (Å²) in [5.41, 5.74) is 0. The molecule has 0 aromatic heterocycles. The molecular weight excluding hydrogens is 174 g/mol. The normalized spacial score (nSPS) is 12.0. The van der Waals surface area contributed by atoms with Crippen LogP contribution in [0.1, 0.15) is 6.42 Å². The van der Waals surface area contributed by atoms with Crippen LogP contribution >= 0.6 is 0 Å². The predicted molar refractivity (Wildman–Crippen MR) is 44.2 cm³/mol. The van der Waals surface area contributed by atoms with Crippen LogP contribution in [0, 0.1) is 21.4 Å². The fourth-order valence-electron chi connectivity index (χ4n) is 0.659. The zero-order valence-electron chi connectivity index (χ0n) is 7.06. The minimum Gasteiger partial charge on any atom is -0.359 e. The Morgan fingerprint density at radius 3 is 2.85 bits per heavy atom. The van der Waals surface area contributed by atoms with E-state index in [1.54, 1.807) is 6.07 Å². The molecule has 0 aliphatic heterocycles. The van der Waals surface area contributed by atoms with Crippen molar-refractivity contribution in [2.75, 3.05) is 7.05 Å². The first-order chi connectivity index (χ1) is 6.11. The summed E-state index contributed by atoms with van der Waals surface area (Å²) >= 11 is 0. The number of rotatable bonds is 4. The molecule has 0 aromatic rings. The van der Waals surface area contributed by atoms with Crippen LogP contribution in [-0.4, -0.2) is 23.9 Å². The summed E-state index contributed by atoms with van der Waals surface area (Å²) in [6, 6.07) is 0.502. The van der Waals surface area contributed by atoms with Gasteiger partial charge in [0.1, 0.15) is 0 Å². The Labute approximate surface area is 75.0 Å². The Morgan fingerprint density at radius 2 is 2.46 bits per heavy atom. The summed E-state index contributed by atoms with van der Waals surface area (Å²) in [7, 11) is 1.40. The molecule has 13 heavy (non-hydrogen) atoms. The number of nitro groups is 1. The zero-order valence-corrected chi connectivity index (χ0v) is 7.06. The van der Waals surface area contributed by atoms with Gasteiger partial charge in [-0.2, -0.15) is 5.26 Å². The molecular formula is C7H9N3O3. The van der Waals surface area contributed by atoms with Gasteiger partial charge in [0, 0.05) is 18.0 Å². The van der Waals surface area contributed by atoms with Gasteiger partial charge in [-0.1, -0.05) is 0 Å². The molecule has 0 rings (SSSR count). The number of carbonyl (C=O) groups excluding carboxylic acids is 1. The lowest BCUT2D eigenvalue weighted by Gasteiger charge is -2.02. The number of nitrogens with zero attached hydrogens (tertiary/aromatic N) is 2. The van der Waals surface area contributed by atoms with Crippen molar-refractivity contribution in [3.63, 3.8) is 0 Å². The number of hydrogen-bond acceptors (Lipinski definition) is 4. The first-order valence-corrected chi connectivity index (χ1v) is 3.52. The lowest BCUT2D eigenvalue weighted by Crippen LogP contribution is -2.27. The number of carbonyl (C=O) groups is 1. The van der Waals surface area contributed by atoms with Crippen LogP contribution in [0.2, 0.25) is 0 Å². The SMILES string of the molecule is CNC(=O)CC(C=CC#N)[N+](=O)[O-]. The van der Waals surface area contributed by atoms with Crippen molar-refractivity contribution in [2.24, 2.45) is 0 Å². The molecule has 1 atom stereocenters. The van der Waals surface area contributed by atoms with Crippen molar-refractivity contribution in [3.05, 3.63) is 22.3 Å². The maximum absolute atomic E-state index is 10.8. The molecule has 0 aliphatic rings. The van der Waals surface area contributed by atoms with Gasteiger partial charge in [-0.05, 0) is 6.08 Å². The van der Waals surface area contributed by atoms with Crippen molar-refractivity contribution in [1.29, 1.82) is 5.26 Å². The summed E-state index contributed by atoms with van der Waals surface area (Å²) in [4.78, 5) is 20.5. The molecule has 0 saturated carbocycles. The number of hydrogen-bond donors (Lipinski definition) is 1. The molecule has 0 aliphatic carbocycles. The molecule has 1 N–H and O–H groups in total. The Kier molecular flexibility index (Phi) is 4.88. The maximum atomic E-state index is 10.8. The predicted octanol–water partition coefficient (Wildman–Crippen LogP) is -0.152. The van der Waals surface area contributed by atoms with E-state index in [1.165, 1.54) is 7.05 Å². The zero-order chi connectivity index (χ0) is 10.3. The summed E-state index contributed by atoms with van der Waals surface area (Å²) in [6.07, 6.45) is 1.84. The first kappa shape index (κ1) is 11.1. The Balaban J connectivity index is 4.28. The lowest BCUT2D eigenvalue weighted by molar-refractivity contribution is -0.508. The highest BCUT2D eigenvalue weighted by atomic mass is 16.6. The van der Waals surface area contributed by atoms with Crippen molar-refractivity contribution in [1.82, 2.24) is 5.32 Å². The standard InChI is InChI=1S/C7H9N3O3/c1-9-7(11)5-6(10(12)13)3-2-4-8/h2-3,6H,5H2,1H3,(H,9,11). The molecule has 1 amide bonds. The highest BCUT2D eigenvalue weighted by Crippen LogP contribution is 1.98. The lowest BCUT2D eigenvalue weighted by atomic mass is 10.2. The molecule has 0 bridgehead atoms. The van der Waals surface area contributed by atoms with Gasteiger partial charge in [0.15, 0.2) is 0 Å². The summed E-state index contributed by atoms with van der Waals surface area (Å²) < 4.78 is 0. The van der Waals surface area contributed by atoms with E-state index in [0.717, 1.165) is 12.2 Å². The first-order valence-electron chi connectivity index (χ1n) is 3.52. The van der Waals surface area contributed by atoms with Crippen molar-refractivity contribution in [3.8, 4) is 6.07 Å². The van der Waals surface area contributed by atoms with Crippen LogP contribution in [0.5, 0.6) is 0 Å². The average Bonchev–Trinajstić information content (AvgIpc) is 2.11. The summed E-state index contributed by atoms with van der Waals surface area (Å²) in [5, 5.41) is 20.7. The monoisotopic (exact) mass is 183 g/mol. The molecule has 0 spiro atoms. The van der Waals surface area contributed by atoms with E-state index in [1.807, 2.05) is 0 Å². The minimum atomic E-state index is -1.13. The second kappa shape index (κ2) is 5.71. The van der Waals surface area contributed by atoms with E-state index in [0.29, 0.717) is 0 Å². The number of nitrogens with one attached hydrogen (secondary N) is 1. The molecule has 1 unspecified atom stereocenters. The van der Waals surface area contributed by atoms with Crippen LogP contribution < -0.4 is 5.32 Å².